The molecule has 0 aliphatic carbocycles. The third-order valence-corrected chi connectivity index (χ3v) is 5.13. The van der Waals surface area contributed by atoms with Crippen molar-refractivity contribution in [2.24, 2.45) is 0 Å². The molecule has 2 amide bonds. The maximum atomic E-state index is 12.8. The monoisotopic (exact) mass is 407 g/mol. The molecular weight excluding hydrogens is 393 g/mol. The minimum Gasteiger partial charge on any atom is -0.325 e. The molecule has 0 fully saturated rings. The minimum atomic E-state index is -3.99. The summed E-state index contributed by atoms with van der Waals surface area (Å²) < 4.78 is 36.8. The van der Waals surface area contributed by atoms with Crippen LogP contribution in [0.25, 0.3) is 0 Å². The maximum Gasteiger partial charge on any atom is 0.239 e. The molecule has 2 aromatic rings. The quantitative estimate of drug-likeness (QED) is 0.538. The normalized spacial score (nSPS) is 10.7. The fourth-order valence-electron chi connectivity index (χ4n) is 2.04. The zero-order valence-corrected chi connectivity index (χ0v) is 15.4. The highest BCUT2D eigenvalue weighted by Crippen LogP contribution is 2.19. The maximum absolute atomic E-state index is 12.8. The number of thiocyanates is 1. The van der Waals surface area contributed by atoms with Gasteiger partial charge in [-0.05, 0) is 60.3 Å². The van der Waals surface area contributed by atoms with Crippen LogP contribution in [0.4, 0.5) is 15.8 Å². The van der Waals surface area contributed by atoms with Gasteiger partial charge in [-0.15, -0.1) is 0 Å². The number of nitrogens with one attached hydrogen (secondary N) is 2. The van der Waals surface area contributed by atoms with Gasteiger partial charge in [0.1, 0.15) is 22.7 Å². The minimum absolute atomic E-state index is 0.247. The number of anilines is 2. The molecule has 0 aromatic heterocycles. The molecule has 10 heteroatoms. The number of carbonyl (C=O) groups excluding carboxylic acids is 2. The van der Waals surface area contributed by atoms with Gasteiger partial charge in [-0.3, -0.25) is 9.59 Å². The predicted molar refractivity (Wildman–Crippen MR) is 100 cm³/mol. The summed E-state index contributed by atoms with van der Waals surface area (Å²) in [5.41, 5.74) is 0.615. The standard InChI is InChI=1S/C17H14FN3O4S2/c18-12-1-3-13(4-2-12)20-16(22)9-27(24,25)10-17(23)21-14-5-7-15(8-6-14)26-11-19/h1-8H,9-10H2,(H,20,22)(H,21,23). The third-order valence-electron chi connectivity index (χ3n) is 3.13. The zero-order chi connectivity index (χ0) is 19.9. The lowest BCUT2D eigenvalue weighted by Crippen LogP contribution is -2.30. The summed E-state index contributed by atoms with van der Waals surface area (Å²) in [7, 11) is -3.99. The Hall–Kier alpha value is -2.90. The molecule has 2 rings (SSSR count). The van der Waals surface area contributed by atoms with Crippen LogP contribution in [0, 0.1) is 16.5 Å². The summed E-state index contributed by atoms with van der Waals surface area (Å²) in [6.07, 6.45) is 0. The number of sulfone groups is 1. The van der Waals surface area contributed by atoms with E-state index in [1.54, 1.807) is 12.1 Å². The van der Waals surface area contributed by atoms with Crippen molar-refractivity contribution in [1.82, 2.24) is 0 Å². The van der Waals surface area contributed by atoms with E-state index in [0.717, 1.165) is 23.9 Å². The number of amides is 2. The number of thioether (sulfide) groups is 1. The molecular formula is C17H14FN3O4S2. The molecule has 0 saturated carbocycles. The molecule has 0 atom stereocenters. The summed E-state index contributed by atoms with van der Waals surface area (Å²) in [4.78, 5) is 24.4. The first kappa shape index (κ1) is 20.4. The number of rotatable bonds is 7. The van der Waals surface area contributed by atoms with Crippen LogP contribution in [0.15, 0.2) is 53.4 Å². The average molecular weight is 407 g/mol. The predicted octanol–water partition coefficient (Wildman–Crippen LogP) is 2.39. The fourth-order valence-corrected chi connectivity index (χ4v) is 3.46. The van der Waals surface area contributed by atoms with Gasteiger partial charge in [0, 0.05) is 16.3 Å². The van der Waals surface area contributed by atoms with Crippen molar-refractivity contribution in [1.29, 1.82) is 5.26 Å². The first-order valence-corrected chi connectivity index (χ1v) is 10.1. The molecule has 0 bridgehead atoms. The lowest BCUT2D eigenvalue weighted by atomic mass is 10.3. The lowest BCUT2D eigenvalue weighted by molar-refractivity contribution is -0.114. The van der Waals surface area contributed by atoms with Gasteiger partial charge in [0.05, 0.1) is 0 Å². The molecule has 0 aliphatic rings. The summed E-state index contributed by atoms with van der Waals surface area (Å²) in [6.45, 7) is 0. The molecule has 7 nitrogen and oxygen atoms in total. The highest BCUT2D eigenvalue weighted by atomic mass is 32.2. The number of carbonyl (C=O) groups is 2. The van der Waals surface area contributed by atoms with E-state index in [1.165, 1.54) is 24.3 Å². The first-order valence-electron chi connectivity index (χ1n) is 7.49. The van der Waals surface area contributed by atoms with Crippen LogP contribution in [0.1, 0.15) is 0 Å². The van der Waals surface area contributed by atoms with E-state index >= 15 is 0 Å². The van der Waals surface area contributed by atoms with Crippen LogP contribution >= 0.6 is 11.8 Å². The zero-order valence-electron chi connectivity index (χ0n) is 13.8. The smallest absolute Gasteiger partial charge is 0.239 e. The van der Waals surface area contributed by atoms with Gasteiger partial charge in [-0.1, -0.05) is 0 Å². The van der Waals surface area contributed by atoms with Gasteiger partial charge in [-0.25, -0.2) is 12.8 Å². The van der Waals surface area contributed by atoms with Crippen LogP contribution in [0.5, 0.6) is 0 Å². The van der Waals surface area contributed by atoms with Crippen LogP contribution in [0.3, 0.4) is 0 Å². The molecule has 0 spiro atoms. The Bertz CT molecular complexity index is 969. The van der Waals surface area contributed by atoms with E-state index in [0.29, 0.717) is 10.6 Å². The molecule has 0 heterocycles. The number of halogens is 1. The van der Waals surface area contributed by atoms with Crippen molar-refractivity contribution >= 4 is 44.8 Å². The largest absolute Gasteiger partial charge is 0.325 e. The second kappa shape index (κ2) is 9.16. The number of nitrogens with zero attached hydrogens (tertiary/aromatic N) is 1. The van der Waals surface area contributed by atoms with E-state index < -0.39 is 39.0 Å². The number of hydrogen-bond donors (Lipinski definition) is 2. The van der Waals surface area contributed by atoms with Gasteiger partial charge in [0.2, 0.25) is 11.8 Å². The van der Waals surface area contributed by atoms with Crippen LogP contribution in [0.2, 0.25) is 0 Å². The Labute approximate surface area is 159 Å². The van der Waals surface area contributed by atoms with E-state index in [1.807, 2.05) is 5.40 Å². The van der Waals surface area contributed by atoms with Crippen LogP contribution < -0.4 is 10.6 Å². The van der Waals surface area contributed by atoms with Crippen molar-refractivity contribution in [3.8, 4) is 5.40 Å². The molecule has 0 aliphatic heterocycles. The third kappa shape index (κ3) is 7.08. The second-order valence-electron chi connectivity index (χ2n) is 5.35. The topological polar surface area (TPSA) is 116 Å². The Kier molecular flexibility index (Phi) is 6.92. The van der Waals surface area contributed by atoms with E-state index in [2.05, 4.69) is 10.6 Å². The van der Waals surface area contributed by atoms with Crippen molar-refractivity contribution in [3.05, 3.63) is 54.3 Å². The summed E-state index contributed by atoms with van der Waals surface area (Å²) in [5, 5.41) is 15.2. The van der Waals surface area contributed by atoms with E-state index in [4.69, 9.17) is 5.26 Å². The number of hydrogen-bond acceptors (Lipinski definition) is 6. The molecule has 0 radical (unpaired) electrons. The molecule has 27 heavy (non-hydrogen) atoms. The lowest BCUT2D eigenvalue weighted by Gasteiger charge is -2.08. The Morgan fingerprint density at radius 2 is 1.37 bits per heavy atom. The van der Waals surface area contributed by atoms with Crippen LogP contribution in [-0.2, 0) is 19.4 Å². The SMILES string of the molecule is N#CSc1ccc(NC(=O)CS(=O)(=O)CC(=O)Nc2ccc(F)cc2)cc1. The van der Waals surface area contributed by atoms with Gasteiger partial charge in [0.15, 0.2) is 9.84 Å². The molecule has 0 saturated heterocycles. The van der Waals surface area contributed by atoms with E-state index in [-0.39, 0.29) is 5.69 Å². The number of benzene rings is 2. The Morgan fingerprint density at radius 3 is 1.81 bits per heavy atom. The Balaban J connectivity index is 1.88. The summed E-state index contributed by atoms with van der Waals surface area (Å²) in [6, 6.07) is 11.1. The van der Waals surface area contributed by atoms with Crippen molar-refractivity contribution < 1.29 is 22.4 Å². The van der Waals surface area contributed by atoms with Gasteiger partial charge in [0.25, 0.3) is 0 Å². The second-order valence-corrected chi connectivity index (χ2v) is 8.28. The average Bonchev–Trinajstić information content (AvgIpc) is 2.58. The van der Waals surface area contributed by atoms with Gasteiger partial charge in [-0.2, -0.15) is 5.26 Å². The molecule has 0 unspecified atom stereocenters. The van der Waals surface area contributed by atoms with Crippen molar-refractivity contribution in [3.63, 3.8) is 0 Å². The van der Waals surface area contributed by atoms with Gasteiger partial charge >= 0.3 is 0 Å². The van der Waals surface area contributed by atoms with Gasteiger partial charge < -0.3 is 10.6 Å². The first-order chi connectivity index (χ1) is 12.8. The highest BCUT2D eigenvalue weighted by molar-refractivity contribution is 8.03. The fraction of sp³-hybridized carbons (Fsp3) is 0.118. The summed E-state index contributed by atoms with van der Waals surface area (Å²) in [5.74, 6) is -3.84. The molecule has 2 N–H and O–H groups in total. The number of nitriles is 1. The van der Waals surface area contributed by atoms with E-state index in [9.17, 15) is 22.4 Å². The highest BCUT2D eigenvalue weighted by Gasteiger charge is 2.21. The molecule has 2 aromatic carbocycles. The van der Waals surface area contributed by atoms with Crippen LogP contribution in [-0.4, -0.2) is 31.7 Å². The van der Waals surface area contributed by atoms with Crippen molar-refractivity contribution in [2.45, 2.75) is 4.90 Å². The summed E-state index contributed by atoms with van der Waals surface area (Å²) >= 11 is 0.953. The Morgan fingerprint density at radius 1 is 0.926 bits per heavy atom. The van der Waals surface area contributed by atoms with Crippen molar-refractivity contribution in [2.75, 3.05) is 22.1 Å². The molecule has 140 valence electrons.